The van der Waals surface area contributed by atoms with Crippen LogP contribution in [-0.2, 0) is 18.4 Å². The van der Waals surface area contributed by atoms with Crippen LogP contribution in [0.4, 0.5) is 5.82 Å². The second kappa shape index (κ2) is 3.82. The summed E-state index contributed by atoms with van der Waals surface area (Å²) in [5.41, 5.74) is 9.21. The molecule has 0 atom stereocenters. The van der Waals surface area contributed by atoms with E-state index < -0.39 is 5.60 Å². The zero-order chi connectivity index (χ0) is 12.8. The molecule has 2 aromatic rings. The lowest BCUT2D eigenvalue weighted by Crippen LogP contribution is -2.29. The molecule has 3 heteroatoms. The molecule has 0 spiro atoms. The molecule has 0 saturated carbocycles. The molecule has 0 radical (unpaired) electrons. The Morgan fingerprint density at radius 2 is 1.78 bits per heavy atom. The van der Waals surface area contributed by atoms with Crippen molar-refractivity contribution in [1.82, 2.24) is 4.98 Å². The summed E-state index contributed by atoms with van der Waals surface area (Å²) in [6.45, 7) is 1.97. The molecule has 0 fully saturated rings. The molecule has 3 N–H and O–H groups in total. The Hall–Kier alpha value is -1.87. The SMILES string of the molecule is Cc1ccnc(N)c1C1(O)Cc2ccccc2C1. The molecular formula is C15H16N2O. The van der Waals surface area contributed by atoms with E-state index in [1.54, 1.807) is 6.20 Å². The topological polar surface area (TPSA) is 59.1 Å². The van der Waals surface area contributed by atoms with E-state index in [0.717, 1.165) is 11.1 Å². The maximum absolute atomic E-state index is 10.9. The van der Waals surface area contributed by atoms with E-state index in [0.29, 0.717) is 18.7 Å². The molecule has 1 aromatic carbocycles. The van der Waals surface area contributed by atoms with E-state index in [9.17, 15) is 5.11 Å². The number of fused-ring (bicyclic) bond motifs is 1. The lowest BCUT2D eigenvalue weighted by Gasteiger charge is -2.25. The number of pyridine rings is 1. The number of benzene rings is 1. The van der Waals surface area contributed by atoms with E-state index >= 15 is 0 Å². The number of nitrogens with two attached hydrogens (primary N) is 1. The number of nitrogens with zero attached hydrogens (tertiary/aromatic N) is 1. The van der Waals surface area contributed by atoms with Crippen molar-refractivity contribution < 1.29 is 5.11 Å². The zero-order valence-corrected chi connectivity index (χ0v) is 10.4. The highest BCUT2D eigenvalue weighted by atomic mass is 16.3. The van der Waals surface area contributed by atoms with Crippen LogP contribution in [0.3, 0.4) is 0 Å². The minimum Gasteiger partial charge on any atom is -0.384 e. The molecule has 0 saturated heterocycles. The van der Waals surface area contributed by atoms with Gasteiger partial charge < -0.3 is 10.8 Å². The molecule has 3 nitrogen and oxygen atoms in total. The van der Waals surface area contributed by atoms with E-state index in [1.807, 2.05) is 25.1 Å². The number of hydrogen-bond acceptors (Lipinski definition) is 3. The lowest BCUT2D eigenvalue weighted by atomic mass is 9.88. The van der Waals surface area contributed by atoms with Gasteiger partial charge in [-0.25, -0.2) is 4.98 Å². The summed E-state index contributed by atoms with van der Waals surface area (Å²) in [6.07, 6.45) is 2.90. The molecule has 92 valence electrons. The predicted molar refractivity (Wildman–Crippen MR) is 71.1 cm³/mol. The van der Waals surface area contributed by atoms with Crippen molar-refractivity contribution in [3.8, 4) is 0 Å². The molecular weight excluding hydrogens is 224 g/mol. The van der Waals surface area contributed by atoms with Gasteiger partial charge in [-0.3, -0.25) is 0 Å². The summed E-state index contributed by atoms with van der Waals surface area (Å²) >= 11 is 0. The fraction of sp³-hybridized carbons (Fsp3) is 0.267. The number of rotatable bonds is 1. The molecule has 1 aliphatic carbocycles. The normalized spacial score (nSPS) is 16.6. The summed E-state index contributed by atoms with van der Waals surface area (Å²) in [5, 5.41) is 10.9. The number of anilines is 1. The number of aromatic nitrogens is 1. The second-order valence-electron chi connectivity index (χ2n) is 5.04. The first kappa shape index (κ1) is 11.2. The molecule has 1 heterocycles. The maximum atomic E-state index is 10.9. The van der Waals surface area contributed by atoms with Crippen molar-refractivity contribution in [3.63, 3.8) is 0 Å². The Morgan fingerprint density at radius 1 is 1.17 bits per heavy atom. The summed E-state index contributed by atoms with van der Waals surface area (Å²) in [7, 11) is 0. The van der Waals surface area contributed by atoms with Crippen LogP contribution in [0.2, 0.25) is 0 Å². The Kier molecular flexibility index (Phi) is 2.38. The molecule has 0 aliphatic heterocycles. The van der Waals surface area contributed by atoms with Gasteiger partial charge >= 0.3 is 0 Å². The number of hydrogen-bond donors (Lipinski definition) is 2. The third kappa shape index (κ3) is 1.59. The van der Waals surface area contributed by atoms with Crippen LogP contribution in [0.15, 0.2) is 36.5 Å². The standard InChI is InChI=1S/C15H16N2O/c1-10-6-7-17-14(16)13(10)15(18)8-11-4-2-3-5-12(11)9-15/h2-7,18H,8-9H2,1H3,(H2,16,17). The van der Waals surface area contributed by atoms with Gasteiger partial charge in [-0.15, -0.1) is 0 Å². The van der Waals surface area contributed by atoms with Crippen LogP contribution in [0.25, 0.3) is 0 Å². The molecule has 1 aliphatic rings. The average molecular weight is 240 g/mol. The first-order valence-corrected chi connectivity index (χ1v) is 6.11. The largest absolute Gasteiger partial charge is 0.384 e. The number of aliphatic hydroxyl groups is 1. The summed E-state index contributed by atoms with van der Waals surface area (Å²) in [5.74, 6) is 0.435. The summed E-state index contributed by atoms with van der Waals surface area (Å²) in [6, 6.07) is 10.0. The van der Waals surface area contributed by atoms with Crippen LogP contribution in [0.5, 0.6) is 0 Å². The van der Waals surface area contributed by atoms with Gasteiger partial charge in [0.05, 0.1) is 0 Å². The van der Waals surface area contributed by atoms with Crippen LogP contribution < -0.4 is 5.73 Å². The first-order valence-electron chi connectivity index (χ1n) is 6.11. The monoisotopic (exact) mass is 240 g/mol. The lowest BCUT2D eigenvalue weighted by molar-refractivity contribution is 0.0481. The van der Waals surface area contributed by atoms with E-state index in [4.69, 9.17) is 5.73 Å². The van der Waals surface area contributed by atoms with Crippen molar-refractivity contribution in [2.75, 3.05) is 5.73 Å². The van der Waals surface area contributed by atoms with Gasteiger partial charge in [0.1, 0.15) is 11.4 Å². The van der Waals surface area contributed by atoms with E-state index in [1.165, 1.54) is 11.1 Å². The minimum absolute atomic E-state index is 0.435. The van der Waals surface area contributed by atoms with Gasteiger partial charge in [0, 0.05) is 24.6 Å². The fourth-order valence-electron chi connectivity index (χ4n) is 2.96. The Morgan fingerprint density at radius 3 is 2.33 bits per heavy atom. The van der Waals surface area contributed by atoms with Crippen LogP contribution in [0, 0.1) is 6.92 Å². The third-order valence-electron chi connectivity index (χ3n) is 3.74. The average Bonchev–Trinajstić information content (AvgIpc) is 2.65. The van der Waals surface area contributed by atoms with Crippen molar-refractivity contribution in [2.24, 2.45) is 0 Å². The zero-order valence-electron chi connectivity index (χ0n) is 10.4. The highest BCUT2D eigenvalue weighted by molar-refractivity contribution is 5.52. The molecule has 3 rings (SSSR count). The van der Waals surface area contributed by atoms with Crippen LogP contribution >= 0.6 is 0 Å². The second-order valence-corrected chi connectivity index (χ2v) is 5.04. The molecule has 0 bridgehead atoms. The van der Waals surface area contributed by atoms with Crippen molar-refractivity contribution in [1.29, 1.82) is 0 Å². The Balaban J connectivity index is 2.09. The molecule has 1 aromatic heterocycles. The fourth-order valence-corrected chi connectivity index (χ4v) is 2.96. The van der Waals surface area contributed by atoms with Crippen molar-refractivity contribution in [2.45, 2.75) is 25.4 Å². The van der Waals surface area contributed by atoms with Crippen LogP contribution in [0.1, 0.15) is 22.3 Å². The van der Waals surface area contributed by atoms with Gasteiger partial charge in [0.25, 0.3) is 0 Å². The van der Waals surface area contributed by atoms with Gasteiger partial charge in [-0.2, -0.15) is 0 Å². The highest BCUT2D eigenvalue weighted by Gasteiger charge is 2.39. The number of nitrogen functional groups attached to an aromatic ring is 1. The highest BCUT2D eigenvalue weighted by Crippen LogP contribution is 2.40. The molecule has 0 unspecified atom stereocenters. The van der Waals surface area contributed by atoms with Gasteiger partial charge in [0.2, 0.25) is 0 Å². The Bertz CT molecular complexity index is 562. The smallest absolute Gasteiger partial charge is 0.129 e. The van der Waals surface area contributed by atoms with Gasteiger partial charge in [0.15, 0.2) is 0 Å². The molecule has 18 heavy (non-hydrogen) atoms. The third-order valence-corrected chi connectivity index (χ3v) is 3.74. The Labute approximate surface area is 106 Å². The predicted octanol–water partition coefficient (Wildman–Crippen LogP) is 1.96. The van der Waals surface area contributed by atoms with Gasteiger partial charge in [-0.05, 0) is 29.7 Å². The maximum Gasteiger partial charge on any atom is 0.129 e. The quantitative estimate of drug-likeness (QED) is 0.801. The van der Waals surface area contributed by atoms with Crippen molar-refractivity contribution in [3.05, 3.63) is 58.8 Å². The van der Waals surface area contributed by atoms with Gasteiger partial charge in [-0.1, -0.05) is 24.3 Å². The first-order chi connectivity index (χ1) is 8.60. The minimum atomic E-state index is -0.911. The van der Waals surface area contributed by atoms with Crippen LogP contribution in [-0.4, -0.2) is 10.1 Å². The van der Waals surface area contributed by atoms with E-state index in [-0.39, 0.29) is 0 Å². The summed E-state index contributed by atoms with van der Waals surface area (Å²) < 4.78 is 0. The molecule has 0 amide bonds. The summed E-state index contributed by atoms with van der Waals surface area (Å²) in [4.78, 5) is 4.11. The van der Waals surface area contributed by atoms with Crippen molar-refractivity contribution >= 4 is 5.82 Å². The van der Waals surface area contributed by atoms with E-state index in [2.05, 4.69) is 17.1 Å². The number of aryl methyl sites for hydroxylation is 1.